The van der Waals surface area contributed by atoms with Gasteiger partial charge in [0.1, 0.15) is 12.6 Å². The zero-order chi connectivity index (χ0) is 13.0. The smallest absolute Gasteiger partial charge is 0.324 e. The van der Waals surface area contributed by atoms with E-state index in [0.29, 0.717) is 0 Å². The number of carbonyl (C=O) groups is 1. The van der Waals surface area contributed by atoms with Crippen molar-refractivity contribution in [1.29, 1.82) is 0 Å². The fourth-order valence-electron chi connectivity index (χ4n) is 1.03. The van der Waals surface area contributed by atoms with E-state index in [1.165, 1.54) is 0 Å². The van der Waals surface area contributed by atoms with Crippen LogP contribution >= 0.6 is 0 Å². The van der Waals surface area contributed by atoms with Gasteiger partial charge in [-0.15, -0.1) is 0 Å². The van der Waals surface area contributed by atoms with Gasteiger partial charge >= 0.3 is 11.7 Å². The fourth-order valence-corrected chi connectivity index (χ4v) is 1.03. The SMILES string of the molecule is NC(COc1c(F)cccc1[N+](=O)[O-])C(=O)O. The Balaban J connectivity index is 2.90. The first-order chi connectivity index (χ1) is 7.93. The highest BCUT2D eigenvalue weighted by Crippen LogP contribution is 2.29. The van der Waals surface area contributed by atoms with Crippen molar-refractivity contribution in [2.24, 2.45) is 5.73 Å². The Morgan fingerprint density at radius 1 is 1.65 bits per heavy atom. The van der Waals surface area contributed by atoms with Crippen molar-refractivity contribution < 1.29 is 24.0 Å². The van der Waals surface area contributed by atoms with E-state index in [9.17, 15) is 19.3 Å². The van der Waals surface area contributed by atoms with Crippen molar-refractivity contribution in [3.05, 3.63) is 34.1 Å². The number of halogens is 1. The molecule has 0 fully saturated rings. The predicted molar refractivity (Wildman–Crippen MR) is 54.2 cm³/mol. The van der Waals surface area contributed by atoms with E-state index in [4.69, 9.17) is 15.6 Å². The molecule has 0 aliphatic heterocycles. The van der Waals surface area contributed by atoms with Crippen LogP contribution in [0, 0.1) is 15.9 Å². The zero-order valence-electron chi connectivity index (χ0n) is 8.50. The molecule has 0 aliphatic carbocycles. The molecule has 17 heavy (non-hydrogen) atoms. The van der Waals surface area contributed by atoms with Crippen molar-refractivity contribution in [3.63, 3.8) is 0 Å². The molecule has 0 aromatic heterocycles. The molecule has 8 heteroatoms. The summed E-state index contributed by atoms with van der Waals surface area (Å²) >= 11 is 0. The van der Waals surface area contributed by atoms with Crippen LogP contribution in [0.3, 0.4) is 0 Å². The van der Waals surface area contributed by atoms with Crippen LogP contribution in [0.25, 0.3) is 0 Å². The number of carboxylic acid groups (broad SMARTS) is 1. The molecule has 1 aromatic rings. The van der Waals surface area contributed by atoms with Gasteiger partial charge in [0.25, 0.3) is 0 Å². The molecule has 0 aliphatic rings. The summed E-state index contributed by atoms with van der Waals surface area (Å²) in [6.45, 7) is -0.558. The quantitative estimate of drug-likeness (QED) is 0.576. The van der Waals surface area contributed by atoms with Crippen molar-refractivity contribution in [2.75, 3.05) is 6.61 Å². The number of ether oxygens (including phenoxy) is 1. The minimum Gasteiger partial charge on any atom is -0.482 e. The lowest BCUT2D eigenvalue weighted by atomic mass is 10.3. The molecule has 0 saturated carbocycles. The average molecular weight is 244 g/mol. The summed E-state index contributed by atoms with van der Waals surface area (Å²) in [4.78, 5) is 20.1. The van der Waals surface area contributed by atoms with Gasteiger partial charge in [0.2, 0.25) is 5.75 Å². The number of nitrogens with two attached hydrogens (primary N) is 1. The third kappa shape index (κ3) is 3.11. The minimum atomic E-state index is -1.38. The second kappa shape index (κ2) is 5.21. The van der Waals surface area contributed by atoms with Gasteiger partial charge in [0.05, 0.1) is 4.92 Å². The van der Waals surface area contributed by atoms with E-state index < -0.39 is 40.8 Å². The van der Waals surface area contributed by atoms with Gasteiger partial charge in [-0.1, -0.05) is 6.07 Å². The maximum atomic E-state index is 13.2. The summed E-state index contributed by atoms with van der Waals surface area (Å²) in [6, 6.07) is 1.78. The van der Waals surface area contributed by atoms with Crippen LogP contribution in [0.1, 0.15) is 0 Å². The molecule has 1 rings (SSSR count). The molecule has 0 spiro atoms. The second-order valence-corrected chi connectivity index (χ2v) is 3.10. The van der Waals surface area contributed by atoms with Gasteiger partial charge < -0.3 is 15.6 Å². The van der Waals surface area contributed by atoms with E-state index >= 15 is 0 Å². The van der Waals surface area contributed by atoms with Crippen molar-refractivity contribution in [1.82, 2.24) is 0 Å². The number of nitrogens with zero attached hydrogens (tertiary/aromatic N) is 1. The lowest BCUT2D eigenvalue weighted by Crippen LogP contribution is -2.36. The Labute approximate surface area is 94.8 Å². The molecule has 1 unspecified atom stereocenters. The first-order valence-electron chi connectivity index (χ1n) is 4.47. The highest BCUT2D eigenvalue weighted by atomic mass is 19.1. The highest BCUT2D eigenvalue weighted by Gasteiger charge is 2.21. The van der Waals surface area contributed by atoms with E-state index in [1.807, 2.05) is 0 Å². The van der Waals surface area contributed by atoms with Crippen molar-refractivity contribution >= 4 is 11.7 Å². The third-order valence-electron chi connectivity index (χ3n) is 1.87. The number of para-hydroxylation sites is 1. The van der Waals surface area contributed by atoms with Crippen LogP contribution in [-0.4, -0.2) is 28.6 Å². The molecular weight excluding hydrogens is 235 g/mol. The Kier molecular flexibility index (Phi) is 3.94. The van der Waals surface area contributed by atoms with E-state index in [2.05, 4.69) is 0 Å². The summed E-state index contributed by atoms with van der Waals surface area (Å²) in [5, 5.41) is 19.0. The molecule has 0 amide bonds. The van der Waals surface area contributed by atoms with Gasteiger partial charge in [0, 0.05) is 6.07 Å². The number of rotatable bonds is 5. The number of aliphatic carboxylic acids is 1. The number of hydrogen-bond acceptors (Lipinski definition) is 5. The monoisotopic (exact) mass is 244 g/mol. The van der Waals surface area contributed by atoms with Crippen molar-refractivity contribution in [2.45, 2.75) is 6.04 Å². The summed E-state index contributed by atoms with van der Waals surface area (Å²) in [6.07, 6.45) is 0. The first kappa shape index (κ1) is 12.8. The lowest BCUT2D eigenvalue weighted by Gasteiger charge is -2.09. The predicted octanol–water partition coefficient (Wildman–Crippen LogP) is 0.525. The maximum absolute atomic E-state index is 13.2. The molecule has 3 N–H and O–H groups in total. The van der Waals surface area contributed by atoms with E-state index in [1.54, 1.807) is 0 Å². The lowest BCUT2D eigenvalue weighted by molar-refractivity contribution is -0.386. The Morgan fingerprint density at radius 3 is 2.82 bits per heavy atom. The molecule has 0 radical (unpaired) electrons. The molecule has 7 nitrogen and oxygen atoms in total. The van der Waals surface area contributed by atoms with Gasteiger partial charge in [-0.05, 0) is 6.07 Å². The largest absolute Gasteiger partial charge is 0.482 e. The zero-order valence-corrected chi connectivity index (χ0v) is 8.50. The molecule has 1 atom stereocenters. The van der Waals surface area contributed by atoms with Gasteiger partial charge in [-0.3, -0.25) is 14.9 Å². The van der Waals surface area contributed by atoms with E-state index in [0.717, 1.165) is 18.2 Å². The average Bonchev–Trinajstić information content (AvgIpc) is 2.26. The Bertz CT molecular complexity index is 451. The number of benzene rings is 1. The summed E-state index contributed by atoms with van der Waals surface area (Å²) in [5.74, 6) is -2.91. The fraction of sp³-hybridized carbons (Fsp3) is 0.222. The third-order valence-corrected chi connectivity index (χ3v) is 1.87. The van der Waals surface area contributed by atoms with Gasteiger partial charge in [-0.25, -0.2) is 4.39 Å². The highest BCUT2D eigenvalue weighted by molar-refractivity contribution is 5.73. The van der Waals surface area contributed by atoms with Crippen LogP contribution in [0.2, 0.25) is 0 Å². The Hall–Kier alpha value is -2.22. The van der Waals surface area contributed by atoms with E-state index in [-0.39, 0.29) is 0 Å². The number of hydrogen-bond donors (Lipinski definition) is 2. The second-order valence-electron chi connectivity index (χ2n) is 3.10. The van der Waals surface area contributed by atoms with Crippen LogP contribution in [0.15, 0.2) is 18.2 Å². The summed E-state index contributed by atoms with van der Waals surface area (Å²) in [7, 11) is 0. The normalized spacial score (nSPS) is 11.9. The molecule has 92 valence electrons. The van der Waals surface area contributed by atoms with Crippen LogP contribution < -0.4 is 10.5 Å². The molecule has 0 bridgehead atoms. The number of nitro benzene ring substituents is 1. The maximum Gasteiger partial charge on any atom is 0.324 e. The molecule has 0 heterocycles. The van der Waals surface area contributed by atoms with Gasteiger partial charge in [-0.2, -0.15) is 0 Å². The molecule has 0 saturated heterocycles. The molecular formula is C9H9FN2O5. The minimum absolute atomic E-state index is 0.558. The summed E-state index contributed by atoms with van der Waals surface area (Å²) < 4.78 is 18.0. The van der Waals surface area contributed by atoms with Gasteiger partial charge in [0.15, 0.2) is 5.82 Å². The molecule has 1 aromatic carbocycles. The summed E-state index contributed by atoms with van der Waals surface area (Å²) in [5.41, 5.74) is 4.54. The number of carboxylic acids is 1. The first-order valence-corrected chi connectivity index (χ1v) is 4.47. The van der Waals surface area contributed by atoms with Crippen LogP contribution in [-0.2, 0) is 4.79 Å². The Morgan fingerprint density at radius 2 is 2.29 bits per heavy atom. The van der Waals surface area contributed by atoms with Crippen LogP contribution in [0.4, 0.5) is 10.1 Å². The number of nitro groups is 1. The van der Waals surface area contributed by atoms with Crippen LogP contribution in [0.5, 0.6) is 5.75 Å². The van der Waals surface area contributed by atoms with Crippen molar-refractivity contribution in [3.8, 4) is 5.75 Å². The standard InChI is InChI=1S/C9H9FN2O5/c10-5-2-1-3-7(12(15)16)8(5)17-4-6(11)9(13)14/h1-3,6H,4,11H2,(H,13,14). The topological polar surface area (TPSA) is 116 Å².